The Bertz CT molecular complexity index is 1930. The maximum Gasteiger partial charge on any atom is 0.439 e. The van der Waals surface area contributed by atoms with E-state index in [1.807, 2.05) is 99.7 Å². The lowest BCUT2D eigenvalue weighted by atomic mass is 9.96. The monoisotopic (exact) mass is 596 g/mol. The van der Waals surface area contributed by atoms with Crippen LogP contribution in [0, 0.1) is 6.92 Å². The van der Waals surface area contributed by atoms with Gasteiger partial charge in [0, 0.05) is 23.1 Å². The summed E-state index contributed by atoms with van der Waals surface area (Å²) in [6.07, 6.45) is 6.14. The van der Waals surface area contributed by atoms with E-state index in [2.05, 4.69) is 17.1 Å². The van der Waals surface area contributed by atoms with Crippen LogP contribution in [0.25, 0.3) is 34.3 Å². The predicted octanol–water partition coefficient (Wildman–Crippen LogP) is 6.70. The minimum absolute atomic E-state index is 0. The lowest BCUT2D eigenvalue weighted by Crippen LogP contribution is -2.29. The highest BCUT2D eigenvalue weighted by atomic mass is 35.5. The summed E-state index contributed by atoms with van der Waals surface area (Å²) in [7, 11) is 0. The number of aromatic nitrogens is 4. The predicted molar refractivity (Wildman–Crippen MR) is 170 cm³/mol. The van der Waals surface area contributed by atoms with Crippen molar-refractivity contribution in [3.05, 3.63) is 122 Å². The number of hydrogen-bond acceptors (Lipinski definition) is 6. The molecule has 3 aromatic carbocycles. The molecule has 6 rings (SSSR count). The summed E-state index contributed by atoms with van der Waals surface area (Å²) >= 11 is 0. The molecule has 5 aromatic rings. The van der Waals surface area contributed by atoms with E-state index in [4.69, 9.17) is 14.2 Å². The number of fused-ring (bicyclic) bond motifs is 1. The van der Waals surface area contributed by atoms with Gasteiger partial charge in [-0.2, -0.15) is 0 Å². The molecule has 0 atom stereocenters. The third-order valence-electron chi connectivity index (χ3n) is 7.47. The zero-order valence-corrected chi connectivity index (χ0v) is 25.3. The van der Waals surface area contributed by atoms with E-state index < -0.39 is 5.76 Å². The van der Waals surface area contributed by atoms with Gasteiger partial charge in [0.1, 0.15) is 17.2 Å². The first kappa shape index (κ1) is 29.8. The van der Waals surface area contributed by atoms with Gasteiger partial charge in [0.05, 0.1) is 11.4 Å². The van der Waals surface area contributed by atoms with Crippen molar-refractivity contribution in [2.45, 2.75) is 52.6 Å². The summed E-state index contributed by atoms with van der Waals surface area (Å²) in [6.45, 7) is 8.01. The van der Waals surface area contributed by atoms with Gasteiger partial charge in [0.15, 0.2) is 5.82 Å². The second-order valence-corrected chi connectivity index (χ2v) is 11.1. The van der Waals surface area contributed by atoms with Gasteiger partial charge < -0.3 is 4.74 Å². The van der Waals surface area contributed by atoms with E-state index in [1.165, 1.54) is 0 Å². The molecule has 0 radical (unpaired) electrons. The molecule has 9 heteroatoms. The molecule has 3 heterocycles. The van der Waals surface area contributed by atoms with Crippen LogP contribution in [-0.4, -0.2) is 25.3 Å². The van der Waals surface area contributed by atoms with Crippen molar-refractivity contribution < 1.29 is 9.26 Å². The fraction of sp³-hybridized carbons (Fsp3) is 0.235. The molecule has 0 fully saturated rings. The maximum absolute atomic E-state index is 14.1. The minimum Gasteiger partial charge on any atom is -0.483 e. The summed E-state index contributed by atoms with van der Waals surface area (Å²) in [6, 6.07) is 21.6. The van der Waals surface area contributed by atoms with Crippen molar-refractivity contribution in [3.8, 4) is 34.0 Å². The number of nitrogens with one attached hydrogen (secondary N) is 1. The van der Waals surface area contributed by atoms with E-state index in [9.17, 15) is 9.59 Å². The van der Waals surface area contributed by atoms with Gasteiger partial charge in [-0.15, -0.1) is 12.4 Å². The topological polar surface area (TPSA) is 103 Å². The summed E-state index contributed by atoms with van der Waals surface area (Å²) in [5.74, 6) is 1.23. The molecule has 1 aliphatic rings. The number of aromatic amines is 1. The van der Waals surface area contributed by atoms with Gasteiger partial charge in [-0.25, -0.2) is 9.78 Å². The van der Waals surface area contributed by atoms with E-state index in [-0.39, 0.29) is 23.6 Å². The van der Waals surface area contributed by atoms with Gasteiger partial charge in [0.25, 0.3) is 5.56 Å². The second kappa shape index (κ2) is 11.9. The van der Waals surface area contributed by atoms with Crippen LogP contribution in [0.4, 0.5) is 0 Å². The van der Waals surface area contributed by atoms with Crippen molar-refractivity contribution in [2.24, 2.45) is 0 Å². The Balaban J connectivity index is 0.00000368. The zero-order chi connectivity index (χ0) is 29.4. The number of nitrogens with zero attached hydrogens (tertiary/aromatic N) is 3. The molecule has 0 spiro atoms. The highest BCUT2D eigenvalue weighted by Gasteiger charge is 2.23. The van der Waals surface area contributed by atoms with Gasteiger partial charge in [-0.05, 0) is 68.2 Å². The second-order valence-electron chi connectivity index (χ2n) is 11.1. The number of H-pyrrole nitrogens is 1. The molecular weight excluding hydrogens is 564 g/mol. The molecular formula is C34H33ClN4O4. The average Bonchev–Trinajstić information content (AvgIpc) is 3.41. The standard InChI is InChI=1S/C34H32N4O4.ClH/c1-5-8-29-28(32(39)38(21(2)35-29)25-15-16-30-24(20-25)17-18-34(3,4)41-30)19-22-11-13-23(14-12-22)26-9-6-7-10-27(26)31-36-33(40)42-37-31;/h6-7,9-18,20H,5,8,19H2,1-4H3,(H,36,37,40);1H. The van der Waals surface area contributed by atoms with Crippen LogP contribution in [0.1, 0.15) is 55.4 Å². The smallest absolute Gasteiger partial charge is 0.439 e. The fourth-order valence-electron chi connectivity index (χ4n) is 5.44. The minimum atomic E-state index is -0.598. The lowest BCUT2D eigenvalue weighted by Gasteiger charge is -2.28. The Morgan fingerprint density at radius 3 is 2.42 bits per heavy atom. The number of aryl methyl sites for hydroxylation is 2. The molecule has 8 nitrogen and oxygen atoms in total. The van der Waals surface area contributed by atoms with Crippen LogP contribution in [0.5, 0.6) is 5.75 Å². The molecule has 0 amide bonds. The van der Waals surface area contributed by atoms with Crippen LogP contribution in [0.3, 0.4) is 0 Å². The van der Waals surface area contributed by atoms with Crippen LogP contribution in [0.2, 0.25) is 0 Å². The first-order valence-corrected chi connectivity index (χ1v) is 14.1. The van der Waals surface area contributed by atoms with Crippen LogP contribution >= 0.6 is 12.4 Å². The van der Waals surface area contributed by atoms with Crippen molar-refractivity contribution in [2.75, 3.05) is 0 Å². The van der Waals surface area contributed by atoms with Crippen LogP contribution in [0.15, 0.2) is 86.9 Å². The van der Waals surface area contributed by atoms with E-state index in [1.54, 1.807) is 4.57 Å². The molecule has 0 bridgehead atoms. The fourth-order valence-corrected chi connectivity index (χ4v) is 5.44. The number of halogens is 1. The van der Waals surface area contributed by atoms with Crippen LogP contribution < -0.4 is 16.1 Å². The first-order valence-electron chi connectivity index (χ1n) is 14.1. The van der Waals surface area contributed by atoms with Crippen molar-refractivity contribution in [3.63, 3.8) is 0 Å². The summed E-state index contributed by atoms with van der Waals surface area (Å²) in [4.78, 5) is 33.1. The molecule has 43 heavy (non-hydrogen) atoms. The van der Waals surface area contributed by atoms with Crippen molar-refractivity contribution >= 4 is 18.5 Å². The summed E-state index contributed by atoms with van der Waals surface area (Å²) in [5, 5.41) is 3.86. The zero-order valence-electron chi connectivity index (χ0n) is 24.5. The Morgan fingerprint density at radius 2 is 1.72 bits per heavy atom. The van der Waals surface area contributed by atoms with E-state index >= 15 is 0 Å². The molecule has 2 aromatic heterocycles. The first-order chi connectivity index (χ1) is 20.2. The third kappa shape index (κ3) is 5.96. The van der Waals surface area contributed by atoms with Crippen LogP contribution in [-0.2, 0) is 12.8 Å². The molecule has 220 valence electrons. The Hall–Kier alpha value is -4.69. The molecule has 0 saturated carbocycles. The van der Waals surface area contributed by atoms with Gasteiger partial charge in [0.2, 0.25) is 0 Å². The highest BCUT2D eigenvalue weighted by Crippen LogP contribution is 2.33. The summed E-state index contributed by atoms with van der Waals surface area (Å²) < 4.78 is 12.5. The largest absolute Gasteiger partial charge is 0.483 e. The summed E-state index contributed by atoms with van der Waals surface area (Å²) in [5.41, 5.74) is 6.43. The quantitative estimate of drug-likeness (QED) is 0.224. The molecule has 1 N–H and O–H groups in total. The normalized spacial score (nSPS) is 13.2. The number of hydrogen-bond donors (Lipinski definition) is 1. The average molecular weight is 597 g/mol. The lowest BCUT2D eigenvalue weighted by molar-refractivity contribution is 0.159. The van der Waals surface area contributed by atoms with Gasteiger partial charge >= 0.3 is 5.76 Å². The van der Waals surface area contributed by atoms with Crippen molar-refractivity contribution in [1.82, 2.24) is 19.7 Å². The third-order valence-corrected chi connectivity index (χ3v) is 7.47. The van der Waals surface area contributed by atoms with Gasteiger partial charge in [-0.1, -0.05) is 73.1 Å². The molecule has 0 aliphatic carbocycles. The Kier molecular flexibility index (Phi) is 8.24. The molecule has 0 unspecified atom stereocenters. The number of rotatable bonds is 7. The molecule has 1 aliphatic heterocycles. The Labute approximate surface area is 255 Å². The Morgan fingerprint density at radius 1 is 0.977 bits per heavy atom. The van der Waals surface area contributed by atoms with E-state index in [0.717, 1.165) is 57.8 Å². The SMILES string of the molecule is CCCc1nc(C)n(-c2ccc3c(c2)C=CC(C)(C)O3)c(=O)c1Cc1ccc(-c2ccccc2-c2noc(=O)[nH]2)cc1.Cl. The van der Waals surface area contributed by atoms with Gasteiger partial charge in [-0.3, -0.25) is 18.9 Å². The highest BCUT2D eigenvalue weighted by molar-refractivity contribution is 5.85. The number of benzene rings is 3. The molecule has 0 saturated heterocycles. The van der Waals surface area contributed by atoms with Crippen molar-refractivity contribution in [1.29, 1.82) is 0 Å². The maximum atomic E-state index is 14.1. The van der Waals surface area contributed by atoms with E-state index in [0.29, 0.717) is 23.6 Å². The number of ether oxygens (including phenoxy) is 1.